The Balaban J connectivity index is 1.88. The second-order valence-electron chi connectivity index (χ2n) is 4.87. The number of nitrogens with one attached hydrogen (secondary N) is 1. The molecule has 4 heteroatoms. The molecule has 2 rings (SSSR count). The minimum absolute atomic E-state index is 0.659. The Labute approximate surface area is 102 Å². The maximum Gasteiger partial charge on any atom is 0.101 e. The SMILES string of the molecule is Cc1[nH]c(CN(C)CC2CCOC2)cc1C#N. The van der Waals surface area contributed by atoms with Crippen LogP contribution in [0.1, 0.15) is 23.4 Å². The van der Waals surface area contributed by atoms with Gasteiger partial charge in [-0.05, 0) is 32.4 Å². The van der Waals surface area contributed by atoms with Crippen molar-refractivity contribution in [2.75, 3.05) is 26.8 Å². The molecule has 0 spiro atoms. The van der Waals surface area contributed by atoms with E-state index in [0.29, 0.717) is 5.92 Å². The summed E-state index contributed by atoms with van der Waals surface area (Å²) in [5, 5.41) is 8.90. The molecular formula is C13H19N3O. The molecule has 1 fully saturated rings. The van der Waals surface area contributed by atoms with E-state index in [1.807, 2.05) is 13.0 Å². The maximum absolute atomic E-state index is 8.90. The molecular weight excluding hydrogens is 214 g/mol. The predicted molar refractivity (Wildman–Crippen MR) is 65.5 cm³/mol. The summed E-state index contributed by atoms with van der Waals surface area (Å²) in [6, 6.07) is 4.13. The zero-order valence-corrected chi connectivity index (χ0v) is 10.5. The van der Waals surface area contributed by atoms with E-state index in [1.54, 1.807) is 0 Å². The van der Waals surface area contributed by atoms with Crippen LogP contribution in [-0.4, -0.2) is 36.7 Å². The van der Waals surface area contributed by atoms with E-state index in [1.165, 1.54) is 0 Å². The lowest BCUT2D eigenvalue weighted by Gasteiger charge is -2.19. The lowest BCUT2D eigenvalue weighted by molar-refractivity contribution is 0.172. The lowest BCUT2D eigenvalue weighted by Crippen LogP contribution is -2.25. The van der Waals surface area contributed by atoms with Crippen LogP contribution in [0.3, 0.4) is 0 Å². The number of nitriles is 1. The van der Waals surface area contributed by atoms with E-state index < -0.39 is 0 Å². The fraction of sp³-hybridized carbons (Fsp3) is 0.615. The number of hydrogen-bond donors (Lipinski definition) is 1. The van der Waals surface area contributed by atoms with Gasteiger partial charge in [0.2, 0.25) is 0 Å². The third-order valence-electron chi connectivity index (χ3n) is 3.23. The molecule has 1 aliphatic heterocycles. The standard InChI is InChI=1S/C13H19N3O/c1-10-12(6-14)5-13(15-10)8-16(2)7-11-3-4-17-9-11/h5,11,15H,3-4,7-9H2,1-2H3. The monoisotopic (exact) mass is 233 g/mol. The first-order valence-corrected chi connectivity index (χ1v) is 6.04. The van der Waals surface area contributed by atoms with E-state index >= 15 is 0 Å². The van der Waals surface area contributed by atoms with Crippen molar-refractivity contribution in [1.82, 2.24) is 9.88 Å². The molecule has 1 unspecified atom stereocenters. The number of hydrogen-bond acceptors (Lipinski definition) is 3. The van der Waals surface area contributed by atoms with E-state index in [9.17, 15) is 0 Å². The molecule has 92 valence electrons. The van der Waals surface area contributed by atoms with Gasteiger partial charge >= 0.3 is 0 Å². The number of nitrogens with zero attached hydrogens (tertiary/aromatic N) is 2. The van der Waals surface area contributed by atoms with Gasteiger partial charge in [0, 0.05) is 31.1 Å². The number of aryl methyl sites for hydroxylation is 1. The van der Waals surface area contributed by atoms with Crippen molar-refractivity contribution in [2.24, 2.45) is 5.92 Å². The Morgan fingerprint density at radius 3 is 3.06 bits per heavy atom. The average Bonchev–Trinajstić information content (AvgIpc) is 2.88. The number of H-pyrrole nitrogens is 1. The van der Waals surface area contributed by atoms with Gasteiger partial charge in [0.05, 0.1) is 12.2 Å². The van der Waals surface area contributed by atoms with Gasteiger partial charge in [-0.25, -0.2) is 0 Å². The summed E-state index contributed by atoms with van der Waals surface area (Å²) in [5.74, 6) is 0.659. The van der Waals surface area contributed by atoms with Gasteiger partial charge in [-0.15, -0.1) is 0 Å². The lowest BCUT2D eigenvalue weighted by atomic mass is 10.1. The van der Waals surface area contributed by atoms with E-state index in [4.69, 9.17) is 10.00 Å². The fourth-order valence-corrected chi connectivity index (χ4v) is 2.35. The summed E-state index contributed by atoms with van der Waals surface area (Å²) in [6.45, 7) is 5.64. The fourth-order valence-electron chi connectivity index (χ4n) is 2.35. The van der Waals surface area contributed by atoms with Crippen molar-refractivity contribution in [3.05, 3.63) is 23.0 Å². The highest BCUT2D eigenvalue weighted by molar-refractivity contribution is 5.35. The van der Waals surface area contributed by atoms with Crippen molar-refractivity contribution >= 4 is 0 Å². The van der Waals surface area contributed by atoms with E-state index in [2.05, 4.69) is 23.0 Å². The van der Waals surface area contributed by atoms with Gasteiger partial charge in [0.15, 0.2) is 0 Å². The molecule has 1 aromatic heterocycles. The molecule has 0 saturated carbocycles. The minimum atomic E-state index is 0.659. The van der Waals surface area contributed by atoms with E-state index in [-0.39, 0.29) is 0 Å². The molecule has 1 saturated heterocycles. The number of aromatic nitrogens is 1. The largest absolute Gasteiger partial charge is 0.381 e. The molecule has 2 heterocycles. The molecule has 17 heavy (non-hydrogen) atoms. The molecule has 0 radical (unpaired) electrons. The van der Waals surface area contributed by atoms with Crippen molar-refractivity contribution < 1.29 is 4.74 Å². The highest BCUT2D eigenvalue weighted by atomic mass is 16.5. The van der Waals surface area contributed by atoms with Crippen LogP contribution in [0.5, 0.6) is 0 Å². The zero-order valence-electron chi connectivity index (χ0n) is 10.5. The zero-order chi connectivity index (χ0) is 12.3. The van der Waals surface area contributed by atoms with Crippen LogP contribution in [0, 0.1) is 24.2 Å². The van der Waals surface area contributed by atoms with Gasteiger partial charge in [0.1, 0.15) is 6.07 Å². The van der Waals surface area contributed by atoms with E-state index in [0.717, 1.165) is 49.7 Å². The quantitative estimate of drug-likeness (QED) is 0.860. The Hall–Kier alpha value is -1.31. The van der Waals surface area contributed by atoms with Crippen LogP contribution in [0.25, 0.3) is 0 Å². The minimum Gasteiger partial charge on any atom is -0.381 e. The van der Waals surface area contributed by atoms with Crippen LogP contribution in [-0.2, 0) is 11.3 Å². The van der Waals surface area contributed by atoms with Crippen LogP contribution >= 0.6 is 0 Å². The first-order valence-electron chi connectivity index (χ1n) is 6.04. The smallest absolute Gasteiger partial charge is 0.101 e. The highest BCUT2D eigenvalue weighted by Crippen LogP contribution is 2.15. The number of rotatable bonds is 4. The van der Waals surface area contributed by atoms with Gasteiger partial charge in [0.25, 0.3) is 0 Å². The average molecular weight is 233 g/mol. The van der Waals surface area contributed by atoms with Crippen molar-refractivity contribution in [3.63, 3.8) is 0 Å². The maximum atomic E-state index is 8.90. The molecule has 0 amide bonds. The molecule has 0 aliphatic carbocycles. The summed E-state index contributed by atoms with van der Waals surface area (Å²) < 4.78 is 5.37. The third-order valence-corrected chi connectivity index (χ3v) is 3.23. The summed E-state index contributed by atoms with van der Waals surface area (Å²) in [7, 11) is 2.11. The van der Waals surface area contributed by atoms with Gasteiger partial charge < -0.3 is 14.6 Å². The predicted octanol–water partition coefficient (Wildman–Crippen LogP) is 1.66. The number of ether oxygens (including phenoxy) is 1. The molecule has 0 bridgehead atoms. The van der Waals surface area contributed by atoms with Gasteiger partial charge in [-0.3, -0.25) is 0 Å². The first kappa shape index (κ1) is 12.2. The Morgan fingerprint density at radius 2 is 2.47 bits per heavy atom. The summed E-state index contributed by atoms with van der Waals surface area (Å²) in [6.07, 6.45) is 1.16. The topological polar surface area (TPSA) is 52.0 Å². The molecule has 1 aromatic rings. The molecule has 4 nitrogen and oxygen atoms in total. The second-order valence-corrected chi connectivity index (χ2v) is 4.87. The third kappa shape index (κ3) is 3.09. The Kier molecular flexibility index (Phi) is 3.82. The van der Waals surface area contributed by atoms with Crippen LogP contribution < -0.4 is 0 Å². The molecule has 1 N–H and O–H groups in total. The van der Waals surface area contributed by atoms with Crippen LogP contribution in [0.15, 0.2) is 6.07 Å². The van der Waals surface area contributed by atoms with Gasteiger partial charge in [-0.1, -0.05) is 0 Å². The molecule has 0 aromatic carbocycles. The number of aromatic amines is 1. The van der Waals surface area contributed by atoms with Crippen molar-refractivity contribution in [3.8, 4) is 6.07 Å². The second kappa shape index (κ2) is 5.35. The summed E-state index contributed by atoms with van der Waals surface area (Å²) >= 11 is 0. The summed E-state index contributed by atoms with van der Waals surface area (Å²) in [4.78, 5) is 5.54. The molecule has 1 aliphatic rings. The first-order chi connectivity index (χ1) is 8.19. The Morgan fingerprint density at radius 1 is 1.65 bits per heavy atom. The Bertz CT molecular complexity index is 413. The highest BCUT2D eigenvalue weighted by Gasteiger charge is 2.17. The summed E-state index contributed by atoms with van der Waals surface area (Å²) in [5.41, 5.74) is 2.82. The molecule has 1 atom stereocenters. The van der Waals surface area contributed by atoms with Crippen LogP contribution in [0.4, 0.5) is 0 Å². The van der Waals surface area contributed by atoms with Crippen molar-refractivity contribution in [2.45, 2.75) is 19.9 Å². The van der Waals surface area contributed by atoms with Crippen LogP contribution in [0.2, 0.25) is 0 Å². The normalized spacial score (nSPS) is 19.8. The van der Waals surface area contributed by atoms with Gasteiger partial charge in [-0.2, -0.15) is 5.26 Å². The van der Waals surface area contributed by atoms with Crippen molar-refractivity contribution in [1.29, 1.82) is 5.26 Å².